The fraction of sp³-hybridized carbons (Fsp3) is 0.650. The van der Waals surface area contributed by atoms with Gasteiger partial charge < -0.3 is 42.6 Å². The van der Waals surface area contributed by atoms with Crippen LogP contribution < -0.4 is 27.4 Å². The maximum atomic E-state index is 13.0. The van der Waals surface area contributed by atoms with Gasteiger partial charge in [0, 0.05) is 18.3 Å². The topological polar surface area (TPSA) is 226 Å². The van der Waals surface area contributed by atoms with Gasteiger partial charge in [0.15, 0.2) is 0 Å². The van der Waals surface area contributed by atoms with E-state index in [4.69, 9.17) is 21.7 Å². The molecular formula is C20H35N7O6. The van der Waals surface area contributed by atoms with Crippen molar-refractivity contribution in [2.75, 3.05) is 13.2 Å². The number of nitrogens with two attached hydrogens (primary N) is 2. The SMILES string of the molecule is CC(C)C(NC(=O)C(CCCCN)NC(=O)C(N)Cc1cnc[nH]1)C(=O)NC(CO)C(=O)O. The summed E-state index contributed by atoms with van der Waals surface area (Å²) in [5.41, 5.74) is 12.1. The molecule has 0 saturated carbocycles. The molecule has 10 N–H and O–H groups in total. The lowest BCUT2D eigenvalue weighted by atomic mass is 10.0. The standard InChI is InChI=1S/C20H35N7O6/c1-11(2)16(19(31)26-15(9-28)20(32)33)27-18(30)14(5-3-4-6-21)25-17(29)13(22)7-12-8-23-10-24-12/h8,10-11,13-16,28H,3-7,9,21-22H2,1-2H3,(H,23,24)(H,25,29)(H,26,31)(H,27,30)(H,32,33). The van der Waals surface area contributed by atoms with Gasteiger partial charge in [-0.2, -0.15) is 0 Å². The molecule has 4 atom stereocenters. The number of carboxylic acids is 1. The Hall–Kier alpha value is -3.03. The van der Waals surface area contributed by atoms with Gasteiger partial charge in [-0.1, -0.05) is 13.8 Å². The third-order valence-electron chi connectivity index (χ3n) is 4.96. The second-order valence-corrected chi connectivity index (χ2v) is 8.05. The van der Waals surface area contributed by atoms with Crippen LogP contribution in [0.15, 0.2) is 12.5 Å². The van der Waals surface area contributed by atoms with Gasteiger partial charge in [0.2, 0.25) is 17.7 Å². The molecule has 0 aliphatic carbocycles. The molecule has 186 valence electrons. The molecule has 1 aromatic heterocycles. The maximum absolute atomic E-state index is 13.0. The Bertz CT molecular complexity index is 771. The molecule has 0 spiro atoms. The highest BCUT2D eigenvalue weighted by Crippen LogP contribution is 2.07. The molecule has 13 nitrogen and oxygen atoms in total. The lowest BCUT2D eigenvalue weighted by Gasteiger charge is -2.27. The number of hydrogen-bond donors (Lipinski definition) is 8. The second kappa shape index (κ2) is 14.2. The van der Waals surface area contributed by atoms with E-state index < -0.39 is 60.4 Å². The third kappa shape index (κ3) is 9.55. The Morgan fingerprint density at radius 2 is 1.73 bits per heavy atom. The molecule has 0 aliphatic rings. The maximum Gasteiger partial charge on any atom is 0.328 e. The van der Waals surface area contributed by atoms with Crippen molar-refractivity contribution in [3.05, 3.63) is 18.2 Å². The highest BCUT2D eigenvalue weighted by atomic mass is 16.4. The van der Waals surface area contributed by atoms with E-state index in [0.29, 0.717) is 25.1 Å². The predicted molar refractivity (Wildman–Crippen MR) is 119 cm³/mol. The van der Waals surface area contributed by atoms with Crippen LogP contribution in [0, 0.1) is 5.92 Å². The minimum atomic E-state index is -1.50. The number of aromatic nitrogens is 2. The summed E-state index contributed by atoms with van der Waals surface area (Å²) in [4.78, 5) is 55.9. The number of aliphatic hydroxyl groups is 1. The van der Waals surface area contributed by atoms with Crippen molar-refractivity contribution < 1.29 is 29.4 Å². The Kier molecular flexibility index (Phi) is 12.0. The molecule has 0 bridgehead atoms. The Labute approximate surface area is 192 Å². The molecule has 1 rings (SSSR count). The lowest BCUT2D eigenvalue weighted by molar-refractivity contribution is -0.143. The number of aliphatic carboxylic acids is 1. The number of amides is 3. The van der Waals surface area contributed by atoms with Gasteiger partial charge in [0.1, 0.15) is 18.1 Å². The van der Waals surface area contributed by atoms with Crippen molar-refractivity contribution in [2.24, 2.45) is 17.4 Å². The van der Waals surface area contributed by atoms with Crippen molar-refractivity contribution in [1.82, 2.24) is 25.9 Å². The van der Waals surface area contributed by atoms with Crippen molar-refractivity contribution in [3.8, 4) is 0 Å². The fourth-order valence-electron chi connectivity index (χ4n) is 3.00. The van der Waals surface area contributed by atoms with Crippen molar-refractivity contribution >= 4 is 23.7 Å². The summed E-state index contributed by atoms with van der Waals surface area (Å²) in [6.45, 7) is 2.95. The minimum Gasteiger partial charge on any atom is -0.480 e. The number of carboxylic acid groups (broad SMARTS) is 1. The van der Waals surface area contributed by atoms with E-state index >= 15 is 0 Å². The molecular weight excluding hydrogens is 434 g/mol. The number of imidazole rings is 1. The number of carbonyl (C=O) groups excluding carboxylic acids is 3. The fourth-order valence-corrected chi connectivity index (χ4v) is 3.00. The average Bonchev–Trinajstić information content (AvgIpc) is 3.27. The monoisotopic (exact) mass is 469 g/mol. The first-order valence-electron chi connectivity index (χ1n) is 10.8. The van der Waals surface area contributed by atoms with Gasteiger partial charge in [0.25, 0.3) is 0 Å². The first kappa shape index (κ1) is 28.0. The first-order chi connectivity index (χ1) is 15.6. The number of aliphatic hydroxyl groups excluding tert-OH is 1. The zero-order valence-electron chi connectivity index (χ0n) is 18.9. The molecule has 0 aliphatic heterocycles. The van der Waals surface area contributed by atoms with Crippen LogP contribution in [0.5, 0.6) is 0 Å². The van der Waals surface area contributed by atoms with E-state index in [-0.39, 0.29) is 12.8 Å². The van der Waals surface area contributed by atoms with Crippen LogP contribution in [0.4, 0.5) is 0 Å². The van der Waals surface area contributed by atoms with Crippen LogP contribution in [0.25, 0.3) is 0 Å². The van der Waals surface area contributed by atoms with E-state index in [1.807, 2.05) is 0 Å². The zero-order valence-corrected chi connectivity index (χ0v) is 18.9. The van der Waals surface area contributed by atoms with Gasteiger partial charge in [-0.3, -0.25) is 14.4 Å². The highest BCUT2D eigenvalue weighted by molar-refractivity contribution is 5.94. The van der Waals surface area contributed by atoms with Crippen molar-refractivity contribution in [3.63, 3.8) is 0 Å². The number of rotatable bonds is 15. The smallest absolute Gasteiger partial charge is 0.328 e. The van der Waals surface area contributed by atoms with Crippen LogP contribution in [0.3, 0.4) is 0 Å². The molecule has 1 aromatic rings. The van der Waals surface area contributed by atoms with Gasteiger partial charge in [-0.25, -0.2) is 9.78 Å². The molecule has 33 heavy (non-hydrogen) atoms. The van der Waals surface area contributed by atoms with Crippen molar-refractivity contribution in [2.45, 2.75) is 63.7 Å². The summed E-state index contributed by atoms with van der Waals surface area (Å²) in [5, 5.41) is 25.6. The van der Waals surface area contributed by atoms with Crippen LogP contribution in [0.1, 0.15) is 38.8 Å². The Morgan fingerprint density at radius 3 is 2.24 bits per heavy atom. The molecule has 13 heteroatoms. The van der Waals surface area contributed by atoms with Crippen LogP contribution in [-0.4, -0.2) is 81.2 Å². The number of hydrogen-bond acceptors (Lipinski definition) is 8. The molecule has 3 amide bonds. The van der Waals surface area contributed by atoms with Gasteiger partial charge >= 0.3 is 5.97 Å². The quantitative estimate of drug-likeness (QED) is 0.128. The van der Waals surface area contributed by atoms with E-state index in [1.165, 1.54) is 6.33 Å². The number of H-pyrrole nitrogens is 1. The van der Waals surface area contributed by atoms with E-state index in [1.54, 1.807) is 20.0 Å². The molecule has 0 saturated heterocycles. The van der Waals surface area contributed by atoms with E-state index in [9.17, 15) is 19.2 Å². The number of unbranched alkanes of at least 4 members (excludes halogenated alkanes) is 1. The van der Waals surface area contributed by atoms with Crippen LogP contribution >= 0.6 is 0 Å². The van der Waals surface area contributed by atoms with Gasteiger partial charge in [0.05, 0.1) is 19.0 Å². The normalized spacial score (nSPS) is 14.7. The van der Waals surface area contributed by atoms with Crippen molar-refractivity contribution in [1.29, 1.82) is 0 Å². The summed E-state index contributed by atoms with van der Waals surface area (Å²) in [6, 6.07) is -4.49. The zero-order chi connectivity index (χ0) is 25.0. The first-order valence-corrected chi connectivity index (χ1v) is 10.8. The number of carbonyl (C=O) groups is 4. The number of aromatic amines is 1. The molecule has 0 radical (unpaired) electrons. The predicted octanol–water partition coefficient (Wildman–Crippen LogP) is -2.40. The molecule has 0 fully saturated rings. The number of nitrogens with zero attached hydrogens (tertiary/aromatic N) is 1. The molecule has 0 aromatic carbocycles. The van der Waals surface area contributed by atoms with E-state index in [2.05, 4.69) is 25.9 Å². The average molecular weight is 470 g/mol. The molecule has 1 heterocycles. The Morgan fingerprint density at radius 1 is 1.06 bits per heavy atom. The third-order valence-corrected chi connectivity index (χ3v) is 4.96. The highest BCUT2D eigenvalue weighted by Gasteiger charge is 2.31. The van der Waals surface area contributed by atoms with Gasteiger partial charge in [-0.05, 0) is 31.7 Å². The van der Waals surface area contributed by atoms with Crippen LogP contribution in [-0.2, 0) is 25.6 Å². The number of nitrogens with one attached hydrogen (secondary N) is 4. The summed E-state index contributed by atoms with van der Waals surface area (Å²) in [6.07, 6.45) is 4.65. The lowest BCUT2D eigenvalue weighted by Crippen LogP contribution is -2.58. The van der Waals surface area contributed by atoms with Gasteiger partial charge in [-0.15, -0.1) is 0 Å². The summed E-state index contributed by atoms with van der Waals surface area (Å²) >= 11 is 0. The Balaban J connectivity index is 2.87. The largest absolute Gasteiger partial charge is 0.480 e. The minimum absolute atomic E-state index is 0.192. The second-order valence-electron chi connectivity index (χ2n) is 8.05. The van der Waals surface area contributed by atoms with E-state index in [0.717, 1.165) is 0 Å². The summed E-state index contributed by atoms with van der Waals surface area (Å²) in [5.74, 6) is -3.72. The van der Waals surface area contributed by atoms with Crippen LogP contribution in [0.2, 0.25) is 0 Å². The molecule has 4 unspecified atom stereocenters. The summed E-state index contributed by atoms with van der Waals surface area (Å²) in [7, 11) is 0. The summed E-state index contributed by atoms with van der Waals surface area (Å²) < 4.78 is 0.